The molecule has 0 aromatic heterocycles. The summed E-state index contributed by atoms with van der Waals surface area (Å²) in [5, 5.41) is 24.0. The molecule has 0 amide bonds. The fourth-order valence-corrected chi connectivity index (χ4v) is 0. The van der Waals surface area contributed by atoms with E-state index in [1.165, 1.54) is 0 Å². The molecule has 0 aliphatic heterocycles. The second-order valence-corrected chi connectivity index (χ2v) is 0.307. The molecule has 0 rings (SSSR count). The van der Waals surface area contributed by atoms with Gasteiger partial charge in [-0.1, -0.05) is 0 Å². The van der Waals surface area contributed by atoms with Crippen molar-refractivity contribution in [2.45, 2.75) is 0 Å². The molecule has 0 spiro atoms. The summed E-state index contributed by atoms with van der Waals surface area (Å²) in [5.41, 5.74) is 0. The van der Waals surface area contributed by atoms with Crippen LogP contribution in [0.25, 0.3) is 0 Å². The third kappa shape index (κ3) is 66.0. The first-order chi connectivity index (χ1) is 1.73. The van der Waals surface area contributed by atoms with E-state index in [4.69, 9.17) is 15.1 Å². The Kier molecular flexibility index (Phi) is 24.8. The van der Waals surface area contributed by atoms with Crippen LogP contribution in [-0.2, 0) is 0 Å². The van der Waals surface area contributed by atoms with Gasteiger partial charge in [-0.3, -0.25) is 0 Å². The van der Waals surface area contributed by atoms with E-state index in [0.29, 0.717) is 0 Å². The Morgan fingerprint density at radius 3 is 1.33 bits per heavy atom. The summed E-state index contributed by atoms with van der Waals surface area (Å²) in [6.07, 6.45) is 0. The molecule has 0 unspecified atom stereocenters. The van der Waals surface area contributed by atoms with Gasteiger partial charge in [-0.2, -0.15) is 0 Å². The van der Waals surface area contributed by atoms with Crippen molar-refractivity contribution in [1.82, 2.24) is 0 Å². The third-order valence-electron chi connectivity index (χ3n) is 0. The molecule has 0 fully saturated rings. The average Bonchev–Trinajstić information content (AvgIpc) is 0.811. The zero-order chi connectivity index (χ0) is 3.58. The van der Waals surface area contributed by atoms with Crippen molar-refractivity contribution in [3.8, 4) is 0 Å². The van der Waals surface area contributed by atoms with Gasteiger partial charge < -0.3 is 20.5 Å². The fourth-order valence-electron chi connectivity index (χ4n) is 0. The maximum atomic E-state index is 8.53. The molecular formula is H3BCaO4. The monoisotopic (exact) mass is 118 g/mol. The Labute approximate surface area is 65.3 Å². The summed E-state index contributed by atoms with van der Waals surface area (Å²) in [6, 6.07) is 0. The molecule has 4 nitrogen and oxygen atoms in total. The van der Waals surface area contributed by atoms with Crippen molar-refractivity contribution in [1.29, 1.82) is 0 Å². The largest absolute Gasteiger partial charge is 2.00 e. The standard InChI is InChI=1S/BHO3.Ca.H2O/c2-1(3)4;;/h2H;;1H2/q-2;+2;. The molecule has 0 bridgehead atoms. The smallest absolute Gasteiger partial charge is 0.871 e. The Bertz CT molecular complexity index is 12.3. The Hall–Kier alpha value is 1.16. The molecular weight excluding hydrogens is 115 g/mol. The van der Waals surface area contributed by atoms with E-state index in [0.717, 1.165) is 0 Å². The summed E-state index contributed by atoms with van der Waals surface area (Å²) < 4.78 is 0. The van der Waals surface area contributed by atoms with E-state index in [9.17, 15) is 0 Å². The predicted octanol–water partition coefficient (Wildman–Crippen LogP) is -4.52. The van der Waals surface area contributed by atoms with Gasteiger partial charge in [-0.05, 0) is 0 Å². The van der Waals surface area contributed by atoms with Crippen molar-refractivity contribution >= 4 is 45.1 Å². The van der Waals surface area contributed by atoms with Gasteiger partial charge in [0, 0.05) is 0 Å². The fraction of sp³-hybridized carbons (Fsp3) is 0. The molecule has 3 N–H and O–H groups in total. The first-order valence-electron chi connectivity index (χ1n) is 0.730. The zero-order valence-electron chi connectivity index (χ0n) is 3.05. The molecule has 32 valence electrons. The SMILES string of the molecule is O.[Ca+2].[O-]B([O-])O. The van der Waals surface area contributed by atoms with E-state index < -0.39 is 7.32 Å². The van der Waals surface area contributed by atoms with Crippen LogP contribution in [0.1, 0.15) is 0 Å². The van der Waals surface area contributed by atoms with Gasteiger partial charge in [-0.25, -0.2) is 0 Å². The number of hydrogen-bond acceptors (Lipinski definition) is 3. The van der Waals surface area contributed by atoms with Crippen LogP contribution in [0.5, 0.6) is 0 Å². The van der Waals surface area contributed by atoms with E-state index in [2.05, 4.69) is 0 Å². The van der Waals surface area contributed by atoms with Crippen molar-refractivity contribution in [3.05, 3.63) is 0 Å². The summed E-state index contributed by atoms with van der Waals surface area (Å²) in [6.45, 7) is 0. The molecule has 0 saturated carbocycles. The maximum absolute atomic E-state index is 8.53. The van der Waals surface area contributed by atoms with Crippen LogP contribution in [-0.4, -0.2) is 55.6 Å². The quantitative estimate of drug-likeness (QED) is 0.324. The first-order valence-corrected chi connectivity index (χ1v) is 0.730. The second-order valence-electron chi connectivity index (χ2n) is 0.307. The van der Waals surface area contributed by atoms with E-state index in [-0.39, 0.29) is 43.2 Å². The number of hydrogen-bond donors (Lipinski definition) is 1. The van der Waals surface area contributed by atoms with Gasteiger partial charge in [-0.15, -0.1) is 0 Å². The van der Waals surface area contributed by atoms with Crippen molar-refractivity contribution < 1.29 is 20.5 Å². The maximum Gasteiger partial charge on any atom is 2.00 e. The predicted molar refractivity (Wildman–Crippen MR) is 17.3 cm³/mol. The van der Waals surface area contributed by atoms with E-state index in [1.807, 2.05) is 0 Å². The minimum absolute atomic E-state index is 0. The van der Waals surface area contributed by atoms with Gasteiger partial charge >= 0.3 is 37.7 Å². The van der Waals surface area contributed by atoms with Crippen LogP contribution in [0.3, 0.4) is 0 Å². The Morgan fingerprint density at radius 1 is 1.33 bits per heavy atom. The summed E-state index contributed by atoms with van der Waals surface area (Å²) in [4.78, 5) is 0. The summed E-state index contributed by atoms with van der Waals surface area (Å²) >= 11 is 0. The van der Waals surface area contributed by atoms with Crippen LogP contribution in [0.4, 0.5) is 0 Å². The molecule has 0 radical (unpaired) electrons. The van der Waals surface area contributed by atoms with Gasteiger partial charge in [0.25, 0.3) is 0 Å². The number of rotatable bonds is 0. The van der Waals surface area contributed by atoms with Gasteiger partial charge in [0.2, 0.25) is 0 Å². The van der Waals surface area contributed by atoms with Crippen molar-refractivity contribution in [2.24, 2.45) is 0 Å². The van der Waals surface area contributed by atoms with Crippen molar-refractivity contribution in [2.75, 3.05) is 0 Å². The van der Waals surface area contributed by atoms with E-state index in [1.54, 1.807) is 0 Å². The molecule has 0 atom stereocenters. The molecule has 0 aliphatic rings. The second kappa shape index (κ2) is 9.48. The minimum Gasteiger partial charge on any atom is -0.871 e. The minimum atomic E-state index is -2.67. The molecule has 0 heterocycles. The van der Waals surface area contributed by atoms with Crippen LogP contribution >= 0.6 is 0 Å². The van der Waals surface area contributed by atoms with Gasteiger partial charge in [0.1, 0.15) is 0 Å². The molecule has 6 heteroatoms. The van der Waals surface area contributed by atoms with Gasteiger partial charge in [0.15, 0.2) is 0 Å². The molecule has 0 aromatic carbocycles. The first kappa shape index (κ1) is 15.7. The van der Waals surface area contributed by atoms with Crippen LogP contribution in [0, 0.1) is 0 Å². The molecule has 6 heavy (non-hydrogen) atoms. The summed E-state index contributed by atoms with van der Waals surface area (Å²) in [5.74, 6) is 0. The van der Waals surface area contributed by atoms with Crippen LogP contribution in [0.2, 0.25) is 0 Å². The third-order valence-corrected chi connectivity index (χ3v) is 0. The van der Waals surface area contributed by atoms with Crippen LogP contribution < -0.4 is 10.0 Å². The Morgan fingerprint density at radius 2 is 1.33 bits per heavy atom. The normalized spacial score (nSPS) is 4.50. The van der Waals surface area contributed by atoms with E-state index >= 15 is 0 Å². The van der Waals surface area contributed by atoms with Gasteiger partial charge in [0.05, 0.1) is 7.32 Å². The topological polar surface area (TPSA) is 97.9 Å². The van der Waals surface area contributed by atoms with Crippen molar-refractivity contribution in [3.63, 3.8) is 0 Å². The summed E-state index contributed by atoms with van der Waals surface area (Å²) in [7, 11) is -2.67. The molecule has 0 aliphatic carbocycles. The van der Waals surface area contributed by atoms with Crippen LogP contribution in [0.15, 0.2) is 0 Å². The zero-order valence-corrected chi connectivity index (χ0v) is 5.26. The molecule has 0 aromatic rings. The average molecular weight is 118 g/mol. The molecule has 0 saturated heterocycles. The Balaban J connectivity index is -0.0000000450.